The Hall–Kier alpha value is -0.940. The highest BCUT2D eigenvalue weighted by molar-refractivity contribution is 8.03. The summed E-state index contributed by atoms with van der Waals surface area (Å²) in [4.78, 5) is 0. The molecule has 0 amide bonds. The van der Waals surface area contributed by atoms with Crippen LogP contribution in [0.1, 0.15) is 29.2 Å². The fraction of sp³-hybridized carbons (Fsp3) is 0.500. The summed E-state index contributed by atoms with van der Waals surface area (Å²) in [5.41, 5.74) is 5.55. The minimum absolute atomic E-state index is 0.560. The third-order valence-electron chi connectivity index (χ3n) is 2.83. The Morgan fingerprint density at radius 1 is 1.25 bits per heavy atom. The quantitative estimate of drug-likeness (QED) is 0.734. The summed E-state index contributed by atoms with van der Waals surface area (Å²) in [6.07, 6.45) is 1.08. The molecule has 1 atom stereocenters. The first-order chi connectivity index (χ1) is 7.54. The summed E-state index contributed by atoms with van der Waals surface area (Å²) in [7, 11) is 0. The van der Waals surface area contributed by atoms with E-state index in [0.29, 0.717) is 5.92 Å². The highest BCUT2D eigenvalue weighted by Gasteiger charge is 2.09. The molecule has 0 heterocycles. The largest absolute Gasteiger partial charge is 0.185 e. The van der Waals surface area contributed by atoms with Crippen molar-refractivity contribution in [3.8, 4) is 5.40 Å². The van der Waals surface area contributed by atoms with Gasteiger partial charge in [0.1, 0.15) is 5.40 Å². The van der Waals surface area contributed by atoms with Crippen molar-refractivity contribution in [3.05, 3.63) is 34.4 Å². The molecule has 1 unspecified atom stereocenters. The molecule has 0 saturated carbocycles. The minimum Gasteiger partial charge on any atom is -0.185 e. The van der Waals surface area contributed by atoms with E-state index in [9.17, 15) is 0 Å². The molecule has 1 nitrogen and oxygen atoms in total. The van der Waals surface area contributed by atoms with Crippen LogP contribution in [0.2, 0.25) is 0 Å². The van der Waals surface area contributed by atoms with Crippen LogP contribution in [0, 0.1) is 37.4 Å². The zero-order chi connectivity index (χ0) is 12.1. The number of benzene rings is 1. The van der Waals surface area contributed by atoms with E-state index in [4.69, 9.17) is 5.26 Å². The molecule has 0 N–H and O–H groups in total. The molecular weight excluding hydrogens is 214 g/mol. The van der Waals surface area contributed by atoms with E-state index < -0.39 is 0 Å². The van der Waals surface area contributed by atoms with Crippen LogP contribution in [0.5, 0.6) is 0 Å². The highest BCUT2D eigenvalue weighted by Crippen LogP contribution is 2.21. The fourth-order valence-electron chi connectivity index (χ4n) is 2.12. The molecule has 0 aromatic heterocycles. The average molecular weight is 233 g/mol. The van der Waals surface area contributed by atoms with E-state index in [2.05, 4.69) is 45.2 Å². The second-order valence-electron chi connectivity index (χ2n) is 4.59. The summed E-state index contributed by atoms with van der Waals surface area (Å²) in [6.45, 7) is 8.71. The van der Waals surface area contributed by atoms with Gasteiger partial charge in [0, 0.05) is 5.75 Å². The predicted octanol–water partition coefficient (Wildman–Crippen LogP) is 4.00. The molecule has 0 saturated heterocycles. The second kappa shape index (κ2) is 5.96. The maximum atomic E-state index is 8.54. The Labute approximate surface area is 103 Å². The van der Waals surface area contributed by atoms with Gasteiger partial charge in [-0.1, -0.05) is 24.6 Å². The molecule has 1 aromatic rings. The molecule has 2 heteroatoms. The van der Waals surface area contributed by atoms with Crippen LogP contribution in [0.25, 0.3) is 0 Å². The van der Waals surface area contributed by atoms with Gasteiger partial charge in [0.05, 0.1) is 0 Å². The molecule has 86 valence electrons. The lowest BCUT2D eigenvalue weighted by Gasteiger charge is -2.15. The van der Waals surface area contributed by atoms with E-state index in [1.807, 2.05) is 0 Å². The van der Waals surface area contributed by atoms with Crippen molar-refractivity contribution in [2.75, 3.05) is 5.75 Å². The SMILES string of the molecule is Cc1cc(C)c(CC(C)CSC#N)c(C)c1. The molecule has 0 aliphatic heterocycles. The van der Waals surface area contributed by atoms with Crippen LogP contribution in [0.3, 0.4) is 0 Å². The van der Waals surface area contributed by atoms with Gasteiger partial charge in [-0.2, -0.15) is 5.26 Å². The molecule has 0 aliphatic rings. The Morgan fingerprint density at radius 3 is 2.31 bits per heavy atom. The lowest BCUT2D eigenvalue weighted by Crippen LogP contribution is -2.06. The Morgan fingerprint density at radius 2 is 1.81 bits per heavy atom. The van der Waals surface area contributed by atoms with Crippen molar-refractivity contribution in [2.24, 2.45) is 5.92 Å². The van der Waals surface area contributed by atoms with Gasteiger partial charge in [0.25, 0.3) is 0 Å². The third-order valence-corrected chi connectivity index (χ3v) is 3.69. The zero-order valence-electron chi connectivity index (χ0n) is 10.5. The number of rotatable bonds is 4. The lowest BCUT2D eigenvalue weighted by molar-refractivity contribution is 0.654. The number of thioether (sulfide) groups is 1. The maximum absolute atomic E-state index is 8.54. The summed E-state index contributed by atoms with van der Waals surface area (Å²) >= 11 is 1.36. The van der Waals surface area contributed by atoms with Crippen molar-refractivity contribution >= 4 is 11.8 Å². The average Bonchev–Trinajstić information content (AvgIpc) is 2.20. The van der Waals surface area contributed by atoms with E-state index in [1.54, 1.807) is 0 Å². The minimum atomic E-state index is 0.560. The summed E-state index contributed by atoms with van der Waals surface area (Å²) in [5.74, 6) is 1.48. The van der Waals surface area contributed by atoms with Gasteiger partial charge in [-0.3, -0.25) is 0 Å². The Balaban J connectivity index is 2.78. The van der Waals surface area contributed by atoms with E-state index in [0.717, 1.165) is 12.2 Å². The number of aryl methyl sites for hydroxylation is 3. The summed E-state index contributed by atoms with van der Waals surface area (Å²) in [6, 6.07) is 4.49. The Kier molecular flexibility index (Phi) is 4.89. The van der Waals surface area contributed by atoms with Crippen LogP contribution in [-0.2, 0) is 6.42 Å². The standard InChI is InChI=1S/C14H19NS/c1-10-5-12(3)14(13(4)6-10)7-11(2)8-16-9-15/h5-6,11H,7-8H2,1-4H3. The van der Waals surface area contributed by atoms with Gasteiger partial charge in [-0.15, -0.1) is 0 Å². The van der Waals surface area contributed by atoms with E-state index in [-0.39, 0.29) is 0 Å². The molecular formula is C14H19NS. The third kappa shape index (κ3) is 3.57. The summed E-state index contributed by atoms with van der Waals surface area (Å²) in [5, 5.41) is 10.7. The number of hydrogen-bond acceptors (Lipinski definition) is 2. The van der Waals surface area contributed by atoms with Gasteiger partial charge in [-0.05, 0) is 61.6 Å². The van der Waals surface area contributed by atoms with Crippen molar-refractivity contribution in [1.82, 2.24) is 0 Å². The number of nitrogens with zero attached hydrogens (tertiary/aromatic N) is 1. The Bertz CT molecular complexity index is 381. The molecule has 0 bridgehead atoms. The van der Waals surface area contributed by atoms with Crippen LogP contribution in [0.15, 0.2) is 12.1 Å². The molecule has 1 rings (SSSR count). The monoisotopic (exact) mass is 233 g/mol. The summed E-state index contributed by atoms with van der Waals surface area (Å²) < 4.78 is 0. The lowest BCUT2D eigenvalue weighted by atomic mass is 9.93. The predicted molar refractivity (Wildman–Crippen MR) is 71.6 cm³/mol. The van der Waals surface area contributed by atoms with Gasteiger partial charge in [0.15, 0.2) is 0 Å². The molecule has 0 fully saturated rings. The van der Waals surface area contributed by atoms with E-state index >= 15 is 0 Å². The first-order valence-corrected chi connectivity index (χ1v) is 6.60. The first-order valence-electron chi connectivity index (χ1n) is 5.62. The first kappa shape index (κ1) is 13.1. The molecule has 0 spiro atoms. The van der Waals surface area contributed by atoms with Crippen LogP contribution in [-0.4, -0.2) is 5.75 Å². The fourth-order valence-corrected chi connectivity index (χ4v) is 2.60. The molecule has 1 aromatic carbocycles. The highest BCUT2D eigenvalue weighted by atomic mass is 32.2. The van der Waals surface area contributed by atoms with Gasteiger partial charge >= 0.3 is 0 Å². The zero-order valence-corrected chi connectivity index (χ0v) is 11.3. The number of nitriles is 1. The van der Waals surface area contributed by atoms with Crippen LogP contribution in [0.4, 0.5) is 0 Å². The number of thiocyanates is 1. The second-order valence-corrected chi connectivity index (χ2v) is 5.39. The van der Waals surface area contributed by atoms with Crippen molar-refractivity contribution in [3.63, 3.8) is 0 Å². The van der Waals surface area contributed by atoms with Crippen molar-refractivity contribution in [2.45, 2.75) is 34.1 Å². The van der Waals surface area contributed by atoms with Crippen molar-refractivity contribution < 1.29 is 0 Å². The smallest absolute Gasteiger partial charge is 0.133 e. The van der Waals surface area contributed by atoms with Gasteiger partial charge in [0.2, 0.25) is 0 Å². The van der Waals surface area contributed by atoms with Gasteiger partial charge < -0.3 is 0 Å². The molecule has 16 heavy (non-hydrogen) atoms. The molecule has 0 aliphatic carbocycles. The van der Waals surface area contributed by atoms with Crippen LogP contribution >= 0.6 is 11.8 Å². The van der Waals surface area contributed by atoms with E-state index in [1.165, 1.54) is 34.0 Å². The van der Waals surface area contributed by atoms with Gasteiger partial charge in [-0.25, -0.2) is 0 Å². The molecule has 0 radical (unpaired) electrons. The number of hydrogen-bond donors (Lipinski definition) is 0. The normalized spacial score (nSPS) is 12.2. The van der Waals surface area contributed by atoms with Crippen molar-refractivity contribution in [1.29, 1.82) is 5.26 Å². The maximum Gasteiger partial charge on any atom is 0.133 e. The van der Waals surface area contributed by atoms with Crippen LogP contribution < -0.4 is 0 Å². The topological polar surface area (TPSA) is 23.8 Å².